The Morgan fingerprint density at radius 1 is 1.25 bits per heavy atom. The molecule has 0 saturated heterocycles. The van der Waals surface area contributed by atoms with Gasteiger partial charge in [0.15, 0.2) is 0 Å². The normalized spacial score (nSPS) is 12.8. The predicted octanol–water partition coefficient (Wildman–Crippen LogP) is 4.64. The molecule has 3 heterocycles. The van der Waals surface area contributed by atoms with E-state index in [0.717, 1.165) is 42.6 Å². The first-order valence-corrected chi connectivity index (χ1v) is 10.1. The quantitative estimate of drug-likeness (QED) is 0.603. The molecule has 1 N–H and O–H groups in total. The summed E-state index contributed by atoms with van der Waals surface area (Å²) >= 11 is 3.41. The summed E-state index contributed by atoms with van der Waals surface area (Å²) in [6.07, 6.45) is 1.75. The van der Waals surface area contributed by atoms with Crippen LogP contribution in [0.15, 0.2) is 45.0 Å². The van der Waals surface area contributed by atoms with Gasteiger partial charge in [-0.2, -0.15) is 11.3 Å². The van der Waals surface area contributed by atoms with E-state index >= 15 is 0 Å². The molecular formula is C18H23N3OS2. The van der Waals surface area contributed by atoms with E-state index in [9.17, 15) is 0 Å². The van der Waals surface area contributed by atoms with Crippen LogP contribution in [0.4, 0.5) is 0 Å². The highest BCUT2D eigenvalue weighted by molar-refractivity contribution is 7.14. The minimum absolute atomic E-state index is 0.255. The lowest BCUT2D eigenvalue weighted by molar-refractivity contribution is 0.188. The molecule has 0 aliphatic rings. The minimum Gasteiger partial charge on any atom is -0.468 e. The molecule has 0 radical (unpaired) electrons. The van der Waals surface area contributed by atoms with Crippen LogP contribution >= 0.6 is 22.7 Å². The van der Waals surface area contributed by atoms with Gasteiger partial charge in [0.05, 0.1) is 18.0 Å². The smallest absolute Gasteiger partial charge is 0.124 e. The number of hydrogen-bond acceptors (Lipinski definition) is 6. The zero-order valence-electron chi connectivity index (χ0n) is 14.1. The van der Waals surface area contributed by atoms with E-state index in [-0.39, 0.29) is 6.04 Å². The molecule has 1 atom stereocenters. The fraction of sp³-hybridized carbons (Fsp3) is 0.389. The number of hydrogen-bond donors (Lipinski definition) is 1. The number of thiazole rings is 1. The van der Waals surface area contributed by atoms with Crippen molar-refractivity contribution < 1.29 is 4.42 Å². The molecular weight excluding hydrogens is 338 g/mol. The van der Waals surface area contributed by atoms with Gasteiger partial charge in [0.1, 0.15) is 10.8 Å². The van der Waals surface area contributed by atoms with Crippen molar-refractivity contribution >= 4 is 22.7 Å². The Labute approximate surface area is 151 Å². The SMILES string of the molecule is CCN(CC)C(CNCc1csc(-c2ccsc2)n1)c1ccco1. The first-order valence-electron chi connectivity index (χ1n) is 8.27. The monoisotopic (exact) mass is 361 g/mol. The molecule has 3 aromatic rings. The van der Waals surface area contributed by atoms with Gasteiger partial charge in [-0.15, -0.1) is 11.3 Å². The van der Waals surface area contributed by atoms with Crippen LogP contribution in [0.2, 0.25) is 0 Å². The van der Waals surface area contributed by atoms with Gasteiger partial charge >= 0.3 is 0 Å². The molecule has 0 bridgehead atoms. The van der Waals surface area contributed by atoms with Gasteiger partial charge < -0.3 is 9.73 Å². The zero-order chi connectivity index (χ0) is 16.8. The Hall–Kier alpha value is -1.47. The topological polar surface area (TPSA) is 41.3 Å². The summed E-state index contributed by atoms with van der Waals surface area (Å²) in [5, 5.41) is 11.0. The summed E-state index contributed by atoms with van der Waals surface area (Å²) in [6.45, 7) is 8.00. The first kappa shape index (κ1) is 17.4. The van der Waals surface area contributed by atoms with E-state index in [1.54, 1.807) is 28.9 Å². The maximum Gasteiger partial charge on any atom is 0.124 e. The predicted molar refractivity (Wildman–Crippen MR) is 102 cm³/mol. The van der Waals surface area contributed by atoms with Crippen LogP contribution in [0.25, 0.3) is 10.6 Å². The number of rotatable bonds is 9. The van der Waals surface area contributed by atoms with Gasteiger partial charge in [-0.3, -0.25) is 4.90 Å². The van der Waals surface area contributed by atoms with Crippen LogP contribution < -0.4 is 5.32 Å². The van der Waals surface area contributed by atoms with E-state index in [1.165, 1.54) is 5.56 Å². The van der Waals surface area contributed by atoms with E-state index in [2.05, 4.69) is 52.3 Å². The van der Waals surface area contributed by atoms with Crippen LogP contribution in [0.5, 0.6) is 0 Å². The van der Waals surface area contributed by atoms with Crippen molar-refractivity contribution in [3.05, 3.63) is 52.1 Å². The average Bonchev–Trinajstić information content (AvgIpc) is 3.34. The number of furan rings is 1. The van der Waals surface area contributed by atoms with E-state index < -0.39 is 0 Å². The third-order valence-corrected chi connectivity index (χ3v) is 5.71. The van der Waals surface area contributed by atoms with E-state index in [0.29, 0.717) is 0 Å². The fourth-order valence-corrected chi connectivity index (χ4v) is 4.33. The summed E-state index contributed by atoms with van der Waals surface area (Å²) in [6, 6.07) is 6.39. The molecule has 0 saturated carbocycles. The lowest BCUT2D eigenvalue weighted by atomic mass is 10.2. The van der Waals surface area contributed by atoms with Crippen molar-refractivity contribution in [2.45, 2.75) is 26.4 Å². The van der Waals surface area contributed by atoms with Crippen molar-refractivity contribution in [1.82, 2.24) is 15.2 Å². The lowest BCUT2D eigenvalue weighted by Crippen LogP contribution is -2.35. The summed E-state index contributed by atoms with van der Waals surface area (Å²) in [7, 11) is 0. The van der Waals surface area contributed by atoms with Gasteiger partial charge in [-0.05, 0) is 36.7 Å². The van der Waals surface area contributed by atoms with Crippen molar-refractivity contribution in [1.29, 1.82) is 0 Å². The zero-order valence-corrected chi connectivity index (χ0v) is 15.7. The highest BCUT2D eigenvalue weighted by atomic mass is 32.1. The molecule has 1 unspecified atom stereocenters. The number of nitrogens with one attached hydrogen (secondary N) is 1. The van der Waals surface area contributed by atoms with Gasteiger partial charge in [-0.25, -0.2) is 4.98 Å². The highest BCUT2D eigenvalue weighted by Crippen LogP contribution is 2.26. The maximum absolute atomic E-state index is 5.64. The first-order chi connectivity index (χ1) is 11.8. The second-order valence-electron chi connectivity index (χ2n) is 5.54. The van der Waals surface area contributed by atoms with Crippen LogP contribution in [0, 0.1) is 0 Å². The Morgan fingerprint density at radius 2 is 2.12 bits per heavy atom. The third kappa shape index (κ3) is 4.13. The van der Waals surface area contributed by atoms with Crippen molar-refractivity contribution in [3.8, 4) is 10.6 Å². The lowest BCUT2D eigenvalue weighted by Gasteiger charge is -2.28. The summed E-state index contributed by atoms with van der Waals surface area (Å²) in [5.74, 6) is 1.02. The van der Waals surface area contributed by atoms with Gasteiger partial charge in [0, 0.05) is 29.4 Å². The summed E-state index contributed by atoms with van der Waals surface area (Å²) in [4.78, 5) is 7.13. The number of nitrogens with zero attached hydrogens (tertiary/aromatic N) is 2. The Kier molecular flexibility index (Phi) is 6.20. The fourth-order valence-electron chi connectivity index (χ4n) is 2.80. The molecule has 0 aliphatic heterocycles. The molecule has 0 aliphatic carbocycles. The van der Waals surface area contributed by atoms with Crippen LogP contribution in [-0.4, -0.2) is 29.5 Å². The van der Waals surface area contributed by atoms with Crippen molar-refractivity contribution in [2.75, 3.05) is 19.6 Å². The van der Waals surface area contributed by atoms with Crippen molar-refractivity contribution in [3.63, 3.8) is 0 Å². The largest absolute Gasteiger partial charge is 0.468 e. The minimum atomic E-state index is 0.255. The van der Waals surface area contributed by atoms with Gasteiger partial charge in [-0.1, -0.05) is 13.8 Å². The number of aromatic nitrogens is 1. The van der Waals surface area contributed by atoms with Gasteiger partial charge in [0.2, 0.25) is 0 Å². The Morgan fingerprint density at radius 3 is 2.79 bits per heavy atom. The number of thiophene rings is 1. The molecule has 0 aromatic carbocycles. The third-order valence-electron chi connectivity index (χ3n) is 4.09. The molecule has 4 nitrogen and oxygen atoms in total. The Balaban J connectivity index is 1.59. The summed E-state index contributed by atoms with van der Waals surface area (Å²) < 4.78 is 5.64. The summed E-state index contributed by atoms with van der Waals surface area (Å²) in [5.41, 5.74) is 2.31. The standard InChI is InChI=1S/C18H23N3OS2/c1-3-21(4-2)16(17-6-5-8-22-17)11-19-10-15-13-24-18(20-15)14-7-9-23-12-14/h5-9,12-13,16,19H,3-4,10-11H2,1-2H3. The molecule has 128 valence electrons. The molecule has 0 spiro atoms. The second kappa shape index (κ2) is 8.58. The maximum atomic E-state index is 5.64. The Bertz CT molecular complexity index is 703. The van der Waals surface area contributed by atoms with Gasteiger partial charge in [0.25, 0.3) is 0 Å². The van der Waals surface area contributed by atoms with Crippen LogP contribution in [0.1, 0.15) is 31.3 Å². The van der Waals surface area contributed by atoms with Crippen LogP contribution in [0.3, 0.4) is 0 Å². The molecule has 6 heteroatoms. The van der Waals surface area contributed by atoms with Crippen molar-refractivity contribution in [2.24, 2.45) is 0 Å². The average molecular weight is 362 g/mol. The van der Waals surface area contributed by atoms with Crippen LogP contribution in [-0.2, 0) is 6.54 Å². The molecule has 24 heavy (non-hydrogen) atoms. The molecule has 3 aromatic heterocycles. The van der Waals surface area contributed by atoms with E-state index in [1.807, 2.05) is 6.07 Å². The molecule has 0 fully saturated rings. The molecule has 3 rings (SSSR count). The highest BCUT2D eigenvalue weighted by Gasteiger charge is 2.20. The second-order valence-corrected chi connectivity index (χ2v) is 7.18. The number of likely N-dealkylation sites (N-methyl/N-ethyl adjacent to an activating group) is 1. The van der Waals surface area contributed by atoms with E-state index in [4.69, 9.17) is 9.40 Å². The molecule has 0 amide bonds.